The third kappa shape index (κ3) is 6.11. The SMILES string of the molecule is Cc1cc(-c2nc3ccc(CNC(C(=O)OCC(C)C)C(C)O)cc3n2C2CCOCC2)cn(C)c1=O. The van der Waals surface area contributed by atoms with Crippen molar-refractivity contribution in [3.8, 4) is 11.4 Å². The molecule has 200 valence electrons. The minimum Gasteiger partial charge on any atom is -0.464 e. The van der Waals surface area contributed by atoms with Gasteiger partial charge in [-0.3, -0.25) is 14.9 Å². The molecule has 1 fully saturated rings. The van der Waals surface area contributed by atoms with E-state index in [0.29, 0.717) is 31.9 Å². The lowest BCUT2D eigenvalue weighted by molar-refractivity contribution is -0.150. The molecule has 0 saturated carbocycles. The van der Waals surface area contributed by atoms with Gasteiger partial charge in [-0.05, 0) is 56.4 Å². The first-order chi connectivity index (χ1) is 17.7. The molecule has 2 unspecified atom stereocenters. The van der Waals surface area contributed by atoms with Crippen LogP contribution in [0.2, 0.25) is 0 Å². The maximum atomic E-state index is 12.5. The Morgan fingerprint density at radius 2 is 1.97 bits per heavy atom. The zero-order valence-corrected chi connectivity index (χ0v) is 22.4. The molecule has 0 bridgehead atoms. The van der Waals surface area contributed by atoms with E-state index in [9.17, 15) is 14.7 Å². The Morgan fingerprint density at radius 1 is 1.24 bits per heavy atom. The molecule has 2 atom stereocenters. The van der Waals surface area contributed by atoms with Crippen LogP contribution in [0.15, 0.2) is 35.3 Å². The van der Waals surface area contributed by atoms with Gasteiger partial charge >= 0.3 is 5.97 Å². The van der Waals surface area contributed by atoms with Crippen LogP contribution < -0.4 is 10.9 Å². The number of carbonyl (C=O) groups excluding carboxylic acids is 1. The molecule has 0 amide bonds. The fraction of sp³-hybridized carbons (Fsp3) is 0.536. The molecule has 37 heavy (non-hydrogen) atoms. The maximum absolute atomic E-state index is 12.5. The van der Waals surface area contributed by atoms with Crippen molar-refractivity contribution in [2.75, 3.05) is 19.8 Å². The Kier molecular flexibility index (Phi) is 8.46. The number of nitrogens with one attached hydrogen (secondary N) is 1. The average molecular weight is 511 g/mol. The number of nitrogens with zero attached hydrogens (tertiary/aromatic N) is 3. The molecular formula is C28H38N4O5. The summed E-state index contributed by atoms with van der Waals surface area (Å²) in [5.74, 6) is 0.589. The number of esters is 1. The molecule has 2 aromatic heterocycles. The van der Waals surface area contributed by atoms with Gasteiger partial charge in [-0.2, -0.15) is 0 Å². The van der Waals surface area contributed by atoms with E-state index >= 15 is 0 Å². The highest BCUT2D eigenvalue weighted by molar-refractivity contribution is 5.82. The van der Waals surface area contributed by atoms with Crippen LogP contribution >= 0.6 is 0 Å². The van der Waals surface area contributed by atoms with Gasteiger partial charge in [-0.1, -0.05) is 19.9 Å². The van der Waals surface area contributed by atoms with Crippen molar-refractivity contribution in [1.82, 2.24) is 19.4 Å². The number of rotatable bonds is 9. The van der Waals surface area contributed by atoms with E-state index in [1.807, 2.05) is 45.2 Å². The predicted octanol–water partition coefficient (Wildman–Crippen LogP) is 3.10. The van der Waals surface area contributed by atoms with Crippen LogP contribution in [-0.4, -0.2) is 57.2 Å². The minimum atomic E-state index is -0.893. The van der Waals surface area contributed by atoms with Crippen LogP contribution in [0, 0.1) is 12.8 Å². The Hall–Kier alpha value is -3.01. The van der Waals surface area contributed by atoms with E-state index in [1.54, 1.807) is 18.5 Å². The maximum Gasteiger partial charge on any atom is 0.325 e. The summed E-state index contributed by atoms with van der Waals surface area (Å²) in [7, 11) is 1.76. The lowest BCUT2D eigenvalue weighted by atomic mass is 10.1. The highest BCUT2D eigenvalue weighted by Gasteiger charge is 2.26. The number of hydrogen-bond donors (Lipinski definition) is 2. The van der Waals surface area contributed by atoms with Crippen molar-refractivity contribution in [1.29, 1.82) is 0 Å². The van der Waals surface area contributed by atoms with Gasteiger partial charge in [0.15, 0.2) is 0 Å². The summed E-state index contributed by atoms with van der Waals surface area (Å²) in [6, 6.07) is 7.34. The molecule has 1 aliphatic heterocycles. The molecule has 9 heteroatoms. The van der Waals surface area contributed by atoms with E-state index in [0.717, 1.165) is 40.8 Å². The number of benzene rings is 1. The lowest BCUT2D eigenvalue weighted by Gasteiger charge is -2.26. The monoisotopic (exact) mass is 510 g/mol. The van der Waals surface area contributed by atoms with Crippen LogP contribution in [0.25, 0.3) is 22.4 Å². The molecular weight excluding hydrogens is 472 g/mol. The van der Waals surface area contributed by atoms with Gasteiger partial charge in [0.2, 0.25) is 0 Å². The lowest BCUT2D eigenvalue weighted by Crippen LogP contribution is -2.45. The zero-order valence-electron chi connectivity index (χ0n) is 22.4. The molecule has 1 aliphatic rings. The molecule has 1 saturated heterocycles. The number of aliphatic hydroxyl groups is 1. The number of imidazole rings is 1. The van der Waals surface area contributed by atoms with Gasteiger partial charge < -0.3 is 23.7 Å². The number of ether oxygens (including phenoxy) is 2. The van der Waals surface area contributed by atoms with Gasteiger partial charge in [-0.25, -0.2) is 4.98 Å². The van der Waals surface area contributed by atoms with Crippen molar-refractivity contribution < 1.29 is 19.4 Å². The fourth-order valence-corrected chi connectivity index (χ4v) is 4.78. The first kappa shape index (κ1) is 27.0. The second kappa shape index (κ2) is 11.6. The highest BCUT2D eigenvalue weighted by atomic mass is 16.5. The van der Waals surface area contributed by atoms with Crippen LogP contribution in [0.4, 0.5) is 0 Å². The van der Waals surface area contributed by atoms with Crippen molar-refractivity contribution in [3.63, 3.8) is 0 Å². The van der Waals surface area contributed by atoms with Crippen LogP contribution in [0.1, 0.15) is 50.8 Å². The Labute approximate surface area is 217 Å². The quantitative estimate of drug-likeness (QED) is 0.426. The van der Waals surface area contributed by atoms with E-state index in [2.05, 4.69) is 16.0 Å². The molecule has 0 radical (unpaired) electrons. The normalized spacial score (nSPS) is 16.3. The summed E-state index contributed by atoms with van der Waals surface area (Å²) < 4.78 is 14.8. The summed E-state index contributed by atoms with van der Waals surface area (Å²) in [6.07, 6.45) is 2.69. The minimum absolute atomic E-state index is 0.0228. The third-order valence-corrected chi connectivity index (χ3v) is 6.75. The van der Waals surface area contributed by atoms with Gasteiger partial charge in [0.25, 0.3) is 5.56 Å². The molecule has 3 aromatic rings. The van der Waals surface area contributed by atoms with Crippen molar-refractivity contribution in [2.24, 2.45) is 13.0 Å². The van der Waals surface area contributed by atoms with Gasteiger partial charge in [0, 0.05) is 50.2 Å². The van der Waals surface area contributed by atoms with Crippen molar-refractivity contribution >= 4 is 17.0 Å². The van der Waals surface area contributed by atoms with Crippen LogP contribution in [0.3, 0.4) is 0 Å². The molecule has 4 rings (SSSR count). The van der Waals surface area contributed by atoms with Crippen molar-refractivity contribution in [2.45, 2.75) is 65.3 Å². The molecule has 3 heterocycles. The van der Waals surface area contributed by atoms with Crippen molar-refractivity contribution in [3.05, 3.63) is 51.9 Å². The number of pyridine rings is 1. The van der Waals surface area contributed by atoms with Crippen LogP contribution in [0.5, 0.6) is 0 Å². The number of aryl methyl sites for hydroxylation is 2. The Morgan fingerprint density at radius 3 is 2.62 bits per heavy atom. The number of aliphatic hydroxyl groups excluding tert-OH is 1. The van der Waals surface area contributed by atoms with Gasteiger partial charge in [-0.15, -0.1) is 0 Å². The van der Waals surface area contributed by atoms with Gasteiger partial charge in [0.1, 0.15) is 11.9 Å². The molecule has 9 nitrogen and oxygen atoms in total. The van der Waals surface area contributed by atoms with Crippen LogP contribution in [-0.2, 0) is 27.9 Å². The standard InChI is InChI=1S/C28H38N4O5/c1-17(2)16-37-28(35)25(19(4)33)29-14-20-6-7-23-24(13-20)32(22-8-10-36-11-9-22)26(30-23)21-12-18(3)27(34)31(5)15-21/h6-7,12-13,15,17,19,22,25,29,33H,8-11,14,16H2,1-5H3. The van der Waals surface area contributed by atoms with E-state index < -0.39 is 18.1 Å². The summed E-state index contributed by atoms with van der Waals surface area (Å²) in [5, 5.41) is 13.4. The molecule has 2 N–H and O–H groups in total. The van der Waals surface area contributed by atoms with E-state index in [1.165, 1.54) is 0 Å². The second-order valence-electron chi connectivity index (χ2n) is 10.4. The van der Waals surface area contributed by atoms with Gasteiger partial charge in [0.05, 0.1) is 23.7 Å². The smallest absolute Gasteiger partial charge is 0.325 e. The first-order valence-corrected chi connectivity index (χ1v) is 13.0. The summed E-state index contributed by atoms with van der Waals surface area (Å²) in [5.41, 5.74) is 4.36. The summed E-state index contributed by atoms with van der Waals surface area (Å²) >= 11 is 0. The van der Waals surface area contributed by atoms with E-state index in [-0.39, 0.29) is 17.5 Å². The fourth-order valence-electron chi connectivity index (χ4n) is 4.78. The second-order valence-corrected chi connectivity index (χ2v) is 10.4. The largest absolute Gasteiger partial charge is 0.464 e. The summed E-state index contributed by atoms with van der Waals surface area (Å²) in [6.45, 7) is 9.42. The molecule has 1 aromatic carbocycles. The Balaban J connectivity index is 1.68. The predicted molar refractivity (Wildman–Crippen MR) is 142 cm³/mol. The third-order valence-electron chi connectivity index (χ3n) is 6.75. The number of fused-ring (bicyclic) bond motifs is 1. The first-order valence-electron chi connectivity index (χ1n) is 13.0. The summed E-state index contributed by atoms with van der Waals surface area (Å²) in [4.78, 5) is 29.8. The topological polar surface area (TPSA) is 108 Å². The number of carbonyl (C=O) groups is 1. The van der Waals surface area contributed by atoms with E-state index in [4.69, 9.17) is 14.5 Å². The zero-order chi connectivity index (χ0) is 26.7. The molecule has 0 spiro atoms. The molecule has 0 aliphatic carbocycles. The highest BCUT2D eigenvalue weighted by Crippen LogP contribution is 2.33. The average Bonchev–Trinajstić information content (AvgIpc) is 3.25. The number of aromatic nitrogens is 3. The Bertz CT molecular complexity index is 1280. The number of hydrogen-bond acceptors (Lipinski definition) is 7.